The quantitative estimate of drug-likeness (QED) is 0.752. The molecular weight excluding hydrogens is 368 g/mol. The maximum Gasteiger partial charge on any atom is 0.272 e. The SMILES string of the molecule is CCCN(CCC)C(=O)c1ccnc(Nc2ccc(C)cc2Br)n1. The zero-order chi connectivity index (χ0) is 17.5. The van der Waals surface area contributed by atoms with E-state index in [9.17, 15) is 4.79 Å². The second-order valence-corrected chi connectivity index (χ2v) is 6.52. The Balaban J connectivity index is 2.20. The average Bonchev–Trinajstić information content (AvgIpc) is 2.57. The van der Waals surface area contributed by atoms with E-state index in [1.54, 1.807) is 12.3 Å². The first-order valence-corrected chi connectivity index (χ1v) is 9.00. The predicted octanol–water partition coefficient (Wildman–Crippen LogP) is 4.55. The Bertz CT molecular complexity index is 699. The van der Waals surface area contributed by atoms with Crippen molar-refractivity contribution in [1.82, 2.24) is 14.9 Å². The van der Waals surface area contributed by atoms with E-state index in [-0.39, 0.29) is 5.91 Å². The van der Waals surface area contributed by atoms with Gasteiger partial charge in [0.05, 0.1) is 5.69 Å². The number of carbonyl (C=O) groups is 1. The van der Waals surface area contributed by atoms with Crippen LogP contribution in [0, 0.1) is 6.92 Å². The largest absolute Gasteiger partial charge is 0.337 e. The topological polar surface area (TPSA) is 58.1 Å². The zero-order valence-corrected chi connectivity index (χ0v) is 15.9. The molecular formula is C18H23BrN4O. The predicted molar refractivity (Wildman–Crippen MR) is 101 cm³/mol. The van der Waals surface area contributed by atoms with Gasteiger partial charge in [0.15, 0.2) is 0 Å². The molecule has 0 saturated heterocycles. The number of nitrogens with one attached hydrogen (secondary N) is 1. The molecule has 1 aromatic carbocycles. The Hall–Kier alpha value is -1.95. The number of aryl methyl sites for hydroxylation is 1. The maximum atomic E-state index is 12.6. The van der Waals surface area contributed by atoms with Gasteiger partial charge in [-0.25, -0.2) is 9.97 Å². The highest BCUT2D eigenvalue weighted by molar-refractivity contribution is 9.10. The third-order valence-corrected chi connectivity index (χ3v) is 4.18. The first-order chi connectivity index (χ1) is 11.5. The molecule has 1 amide bonds. The molecule has 1 heterocycles. The molecule has 0 aliphatic rings. The molecule has 1 aromatic heterocycles. The third-order valence-electron chi connectivity index (χ3n) is 3.52. The molecule has 0 unspecified atom stereocenters. The number of carbonyl (C=O) groups excluding carboxylic acids is 1. The Kier molecular flexibility index (Phi) is 6.73. The van der Waals surface area contributed by atoms with E-state index in [0.717, 1.165) is 41.7 Å². The van der Waals surface area contributed by atoms with Crippen LogP contribution in [0.4, 0.5) is 11.6 Å². The van der Waals surface area contributed by atoms with Gasteiger partial charge in [-0.3, -0.25) is 4.79 Å². The average molecular weight is 391 g/mol. The summed E-state index contributed by atoms with van der Waals surface area (Å²) in [6.45, 7) is 7.64. The van der Waals surface area contributed by atoms with Crippen LogP contribution in [0.15, 0.2) is 34.9 Å². The van der Waals surface area contributed by atoms with Crippen molar-refractivity contribution in [2.75, 3.05) is 18.4 Å². The van der Waals surface area contributed by atoms with Crippen molar-refractivity contribution in [2.24, 2.45) is 0 Å². The second-order valence-electron chi connectivity index (χ2n) is 5.67. The highest BCUT2D eigenvalue weighted by Gasteiger charge is 2.16. The van der Waals surface area contributed by atoms with Crippen LogP contribution >= 0.6 is 15.9 Å². The number of benzene rings is 1. The van der Waals surface area contributed by atoms with Crippen LogP contribution in [-0.2, 0) is 0 Å². The van der Waals surface area contributed by atoms with E-state index in [4.69, 9.17) is 0 Å². The van der Waals surface area contributed by atoms with Gasteiger partial charge in [-0.1, -0.05) is 19.9 Å². The molecule has 0 spiro atoms. The van der Waals surface area contributed by atoms with Crippen LogP contribution in [0.1, 0.15) is 42.7 Å². The van der Waals surface area contributed by atoms with Gasteiger partial charge in [0.2, 0.25) is 5.95 Å². The highest BCUT2D eigenvalue weighted by Crippen LogP contribution is 2.25. The molecule has 0 aliphatic heterocycles. The van der Waals surface area contributed by atoms with Gasteiger partial charge in [-0.2, -0.15) is 0 Å². The van der Waals surface area contributed by atoms with Crippen molar-refractivity contribution in [3.8, 4) is 0 Å². The van der Waals surface area contributed by atoms with Gasteiger partial charge in [0, 0.05) is 23.8 Å². The fraction of sp³-hybridized carbons (Fsp3) is 0.389. The summed E-state index contributed by atoms with van der Waals surface area (Å²) in [4.78, 5) is 23.1. The van der Waals surface area contributed by atoms with Crippen molar-refractivity contribution in [1.29, 1.82) is 0 Å². The minimum absolute atomic E-state index is 0.0490. The number of rotatable bonds is 7. The second kappa shape index (κ2) is 8.78. The molecule has 2 aromatic rings. The van der Waals surface area contributed by atoms with Gasteiger partial charge in [0.1, 0.15) is 5.69 Å². The number of nitrogens with zero attached hydrogens (tertiary/aromatic N) is 3. The molecule has 0 aliphatic carbocycles. The van der Waals surface area contributed by atoms with Crippen LogP contribution < -0.4 is 5.32 Å². The molecule has 24 heavy (non-hydrogen) atoms. The molecule has 128 valence electrons. The van der Waals surface area contributed by atoms with E-state index < -0.39 is 0 Å². The lowest BCUT2D eigenvalue weighted by molar-refractivity contribution is 0.0749. The van der Waals surface area contributed by atoms with Crippen LogP contribution in [0.5, 0.6) is 0 Å². The van der Waals surface area contributed by atoms with E-state index in [1.165, 1.54) is 0 Å². The van der Waals surface area contributed by atoms with Crippen molar-refractivity contribution >= 4 is 33.5 Å². The summed E-state index contributed by atoms with van der Waals surface area (Å²) in [5.41, 5.74) is 2.44. The number of halogens is 1. The summed E-state index contributed by atoms with van der Waals surface area (Å²) in [5.74, 6) is 0.366. The maximum absolute atomic E-state index is 12.6. The summed E-state index contributed by atoms with van der Waals surface area (Å²) < 4.78 is 0.932. The Morgan fingerprint density at radius 2 is 1.92 bits per heavy atom. The molecule has 0 atom stereocenters. The summed E-state index contributed by atoms with van der Waals surface area (Å²) in [6.07, 6.45) is 3.47. The Morgan fingerprint density at radius 1 is 1.21 bits per heavy atom. The molecule has 0 radical (unpaired) electrons. The molecule has 2 rings (SSSR count). The molecule has 0 fully saturated rings. The smallest absolute Gasteiger partial charge is 0.272 e. The van der Waals surface area contributed by atoms with Crippen molar-refractivity contribution in [3.63, 3.8) is 0 Å². The standard InChI is InChI=1S/C18H23BrN4O/c1-4-10-23(11-5-2)17(24)16-8-9-20-18(22-16)21-15-7-6-13(3)12-14(15)19/h6-9,12H,4-5,10-11H2,1-3H3,(H,20,21,22). The van der Waals surface area contributed by atoms with Crippen LogP contribution in [0.25, 0.3) is 0 Å². The number of hydrogen-bond donors (Lipinski definition) is 1. The first-order valence-electron chi connectivity index (χ1n) is 8.20. The van der Waals surface area contributed by atoms with Crippen LogP contribution in [0.3, 0.4) is 0 Å². The van der Waals surface area contributed by atoms with Gasteiger partial charge < -0.3 is 10.2 Å². The monoisotopic (exact) mass is 390 g/mol. The molecule has 5 nitrogen and oxygen atoms in total. The number of amides is 1. The van der Waals surface area contributed by atoms with Crippen molar-refractivity contribution < 1.29 is 4.79 Å². The minimum Gasteiger partial charge on any atom is -0.337 e. The van der Waals surface area contributed by atoms with Crippen LogP contribution in [-0.4, -0.2) is 33.9 Å². The van der Waals surface area contributed by atoms with Crippen molar-refractivity contribution in [2.45, 2.75) is 33.6 Å². The lowest BCUT2D eigenvalue weighted by Crippen LogP contribution is -2.33. The summed E-state index contributed by atoms with van der Waals surface area (Å²) in [6, 6.07) is 7.64. The molecule has 6 heteroatoms. The summed E-state index contributed by atoms with van der Waals surface area (Å²) in [7, 11) is 0. The summed E-state index contributed by atoms with van der Waals surface area (Å²) in [5, 5.41) is 3.16. The number of aromatic nitrogens is 2. The lowest BCUT2D eigenvalue weighted by Gasteiger charge is -2.21. The van der Waals surface area contributed by atoms with Gasteiger partial charge in [-0.15, -0.1) is 0 Å². The van der Waals surface area contributed by atoms with Gasteiger partial charge >= 0.3 is 0 Å². The molecule has 0 bridgehead atoms. The van der Waals surface area contributed by atoms with E-state index >= 15 is 0 Å². The van der Waals surface area contributed by atoms with E-state index in [2.05, 4.69) is 45.1 Å². The van der Waals surface area contributed by atoms with E-state index in [1.807, 2.05) is 30.0 Å². The number of anilines is 2. The molecule has 1 N–H and O–H groups in total. The lowest BCUT2D eigenvalue weighted by atomic mass is 10.2. The van der Waals surface area contributed by atoms with Gasteiger partial charge in [0.25, 0.3) is 5.91 Å². The van der Waals surface area contributed by atoms with E-state index in [0.29, 0.717) is 11.6 Å². The molecule has 0 saturated carbocycles. The highest BCUT2D eigenvalue weighted by atomic mass is 79.9. The third kappa shape index (κ3) is 4.77. The normalized spacial score (nSPS) is 10.5. The fourth-order valence-electron chi connectivity index (χ4n) is 2.40. The summed E-state index contributed by atoms with van der Waals surface area (Å²) >= 11 is 3.52. The van der Waals surface area contributed by atoms with Crippen LogP contribution in [0.2, 0.25) is 0 Å². The van der Waals surface area contributed by atoms with Crippen molar-refractivity contribution in [3.05, 3.63) is 46.2 Å². The Morgan fingerprint density at radius 3 is 2.54 bits per heavy atom. The van der Waals surface area contributed by atoms with Gasteiger partial charge in [-0.05, 0) is 59.5 Å². The zero-order valence-electron chi connectivity index (χ0n) is 14.3. The first kappa shape index (κ1) is 18.4. The fourth-order valence-corrected chi connectivity index (χ4v) is 2.99. The number of hydrogen-bond acceptors (Lipinski definition) is 4. The Labute approximate surface area is 151 Å². The minimum atomic E-state index is -0.0490.